The summed E-state index contributed by atoms with van der Waals surface area (Å²) in [5, 5.41) is 10.0. The van der Waals surface area contributed by atoms with Gasteiger partial charge in [0.2, 0.25) is 0 Å². The molecule has 94 valence electrons. The van der Waals surface area contributed by atoms with Gasteiger partial charge >= 0.3 is 0 Å². The standard InChI is InChI=1S/C14H20O2S/c1-10(15)12-9-13(14(2,3)16-12)17-11-7-5-4-6-8-11/h4-8,10,12-13,15H,9H2,1-3H3/t10-,12+,13-/m0/s1. The van der Waals surface area contributed by atoms with E-state index in [-0.39, 0.29) is 11.7 Å². The Morgan fingerprint density at radius 1 is 1.35 bits per heavy atom. The second-order valence-corrected chi connectivity index (χ2v) is 6.43. The van der Waals surface area contributed by atoms with E-state index in [2.05, 4.69) is 38.1 Å². The lowest BCUT2D eigenvalue weighted by atomic mass is 10.0. The van der Waals surface area contributed by atoms with Crippen molar-refractivity contribution in [2.75, 3.05) is 0 Å². The predicted molar refractivity (Wildman–Crippen MR) is 71.3 cm³/mol. The van der Waals surface area contributed by atoms with Gasteiger partial charge in [0.1, 0.15) is 0 Å². The summed E-state index contributed by atoms with van der Waals surface area (Å²) < 4.78 is 5.92. The molecule has 1 aromatic rings. The Morgan fingerprint density at radius 3 is 2.53 bits per heavy atom. The number of aliphatic hydroxyl groups excluding tert-OH is 1. The molecule has 1 heterocycles. The maximum Gasteiger partial charge on any atom is 0.0850 e. The van der Waals surface area contributed by atoms with Gasteiger partial charge in [0.25, 0.3) is 0 Å². The van der Waals surface area contributed by atoms with Gasteiger partial charge in [0.15, 0.2) is 0 Å². The first-order valence-corrected chi connectivity index (χ1v) is 6.94. The van der Waals surface area contributed by atoms with Crippen LogP contribution in [0.5, 0.6) is 0 Å². The maximum atomic E-state index is 9.63. The van der Waals surface area contributed by atoms with Crippen molar-refractivity contribution in [1.82, 2.24) is 0 Å². The van der Waals surface area contributed by atoms with Crippen molar-refractivity contribution >= 4 is 11.8 Å². The Morgan fingerprint density at radius 2 is 2.00 bits per heavy atom. The SMILES string of the molecule is C[C@H](O)[C@H]1C[C@H](Sc2ccccc2)C(C)(C)O1. The second kappa shape index (κ2) is 5.01. The topological polar surface area (TPSA) is 29.5 Å². The molecule has 1 fully saturated rings. The summed E-state index contributed by atoms with van der Waals surface area (Å²) in [6.45, 7) is 6.02. The molecule has 0 bridgehead atoms. The molecule has 0 aromatic heterocycles. The van der Waals surface area contributed by atoms with Gasteiger partial charge in [0, 0.05) is 10.1 Å². The molecule has 2 rings (SSSR count). The minimum absolute atomic E-state index is 0.0359. The molecule has 3 heteroatoms. The van der Waals surface area contributed by atoms with Crippen molar-refractivity contribution in [3.63, 3.8) is 0 Å². The molecule has 1 aliphatic heterocycles. The van der Waals surface area contributed by atoms with Crippen LogP contribution in [-0.4, -0.2) is 28.2 Å². The minimum atomic E-state index is -0.393. The van der Waals surface area contributed by atoms with E-state index < -0.39 is 6.10 Å². The van der Waals surface area contributed by atoms with Crippen molar-refractivity contribution < 1.29 is 9.84 Å². The smallest absolute Gasteiger partial charge is 0.0850 e. The fourth-order valence-corrected chi connectivity index (χ4v) is 3.43. The summed E-state index contributed by atoms with van der Waals surface area (Å²) in [5.74, 6) is 0. The van der Waals surface area contributed by atoms with Crippen LogP contribution in [0.4, 0.5) is 0 Å². The number of ether oxygens (including phenoxy) is 1. The van der Waals surface area contributed by atoms with Crippen LogP contribution in [-0.2, 0) is 4.74 Å². The van der Waals surface area contributed by atoms with Crippen molar-refractivity contribution in [3.05, 3.63) is 30.3 Å². The van der Waals surface area contributed by atoms with Crippen LogP contribution in [0.3, 0.4) is 0 Å². The normalized spacial score (nSPS) is 29.2. The lowest BCUT2D eigenvalue weighted by molar-refractivity contribution is -0.0640. The molecule has 0 saturated carbocycles. The van der Waals surface area contributed by atoms with E-state index in [1.165, 1.54) is 4.90 Å². The van der Waals surface area contributed by atoms with Gasteiger partial charge in [-0.3, -0.25) is 0 Å². The van der Waals surface area contributed by atoms with Gasteiger partial charge in [-0.15, -0.1) is 11.8 Å². The zero-order valence-electron chi connectivity index (χ0n) is 10.6. The lowest BCUT2D eigenvalue weighted by Gasteiger charge is -2.25. The van der Waals surface area contributed by atoms with E-state index in [1.54, 1.807) is 6.92 Å². The number of hydrogen-bond donors (Lipinski definition) is 1. The van der Waals surface area contributed by atoms with E-state index in [4.69, 9.17) is 4.74 Å². The van der Waals surface area contributed by atoms with Gasteiger partial charge in [-0.1, -0.05) is 18.2 Å². The number of benzene rings is 1. The van der Waals surface area contributed by atoms with Gasteiger partial charge in [-0.25, -0.2) is 0 Å². The highest BCUT2D eigenvalue weighted by Gasteiger charge is 2.43. The molecule has 0 radical (unpaired) electrons. The van der Waals surface area contributed by atoms with Crippen molar-refractivity contribution in [2.24, 2.45) is 0 Å². The number of rotatable bonds is 3. The lowest BCUT2D eigenvalue weighted by Crippen LogP contribution is -2.31. The minimum Gasteiger partial charge on any atom is -0.391 e. The highest BCUT2D eigenvalue weighted by molar-refractivity contribution is 8.00. The van der Waals surface area contributed by atoms with Crippen LogP contribution in [0.25, 0.3) is 0 Å². The first-order chi connectivity index (χ1) is 7.99. The zero-order valence-corrected chi connectivity index (χ0v) is 11.4. The summed E-state index contributed by atoms with van der Waals surface area (Å²) >= 11 is 1.84. The summed E-state index contributed by atoms with van der Waals surface area (Å²) in [7, 11) is 0. The summed E-state index contributed by atoms with van der Waals surface area (Å²) in [4.78, 5) is 1.26. The Kier molecular flexibility index (Phi) is 3.81. The molecular weight excluding hydrogens is 232 g/mol. The third kappa shape index (κ3) is 3.03. The molecule has 0 amide bonds. The van der Waals surface area contributed by atoms with E-state index in [9.17, 15) is 5.11 Å². The Labute approximate surface area is 107 Å². The molecule has 0 unspecified atom stereocenters. The average Bonchev–Trinajstić information content (AvgIpc) is 2.56. The van der Waals surface area contributed by atoms with E-state index in [0.717, 1.165) is 6.42 Å². The quantitative estimate of drug-likeness (QED) is 0.896. The molecule has 1 saturated heterocycles. The van der Waals surface area contributed by atoms with Crippen LogP contribution >= 0.6 is 11.8 Å². The average molecular weight is 252 g/mol. The predicted octanol–water partition coefficient (Wildman–Crippen LogP) is 3.10. The van der Waals surface area contributed by atoms with Gasteiger partial charge in [-0.2, -0.15) is 0 Å². The first-order valence-electron chi connectivity index (χ1n) is 6.06. The van der Waals surface area contributed by atoms with Crippen molar-refractivity contribution in [3.8, 4) is 0 Å². The third-order valence-electron chi connectivity index (χ3n) is 3.24. The monoisotopic (exact) mass is 252 g/mol. The Hall–Kier alpha value is -0.510. The molecule has 17 heavy (non-hydrogen) atoms. The third-order valence-corrected chi connectivity index (χ3v) is 4.83. The van der Waals surface area contributed by atoms with E-state index in [0.29, 0.717) is 5.25 Å². The zero-order chi connectivity index (χ0) is 12.5. The first kappa shape index (κ1) is 12.9. The summed E-state index contributed by atoms with van der Waals surface area (Å²) in [6, 6.07) is 10.4. The molecule has 2 nitrogen and oxygen atoms in total. The van der Waals surface area contributed by atoms with E-state index in [1.807, 2.05) is 17.8 Å². The molecular formula is C14H20O2S. The molecule has 1 N–H and O–H groups in total. The number of hydrogen-bond acceptors (Lipinski definition) is 3. The van der Waals surface area contributed by atoms with Crippen molar-refractivity contribution in [2.45, 2.75) is 55.1 Å². The molecule has 0 aliphatic carbocycles. The van der Waals surface area contributed by atoms with Crippen LogP contribution in [0, 0.1) is 0 Å². The van der Waals surface area contributed by atoms with Crippen molar-refractivity contribution in [1.29, 1.82) is 0 Å². The van der Waals surface area contributed by atoms with Crippen LogP contribution in [0.2, 0.25) is 0 Å². The summed E-state index contributed by atoms with van der Waals surface area (Å²) in [5.41, 5.74) is -0.178. The Bertz CT molecular complexity index is 362. The molecule has 3 atom stereocenters. The molecule has 0 spiro atoms. The largest absolute Gasteiger partial charge is 0.391 e. The highest BCUT2D eigenvalue weighted by Crippen LogP contribution is 2.42. The van der Waals surface area contributed by atoms with Crippen LogP contribution < -0.4 is 0 Å². The second-order valence-electron chi connectivity index (χ2n) is 5.16. The van der Waals surface area contributed by atoms with Gasteiger partial charge in [0.05, 0.1) is 17.8 Å². The van der Waals surface area contributed by atoms with Crippen LogP contribution in [0.1, 0.15) is 27.2 Å². The van der Waals surface area contributed by atoms with E-state index >= 15 is 0 Å². The Balaban J connectivity index is 2.06. The summed E-state index contributed by atoms with van der Waals surface area (Å²) in [6.07, 6.45) is 0.478. The number of aliphatic hydroxyl groups is 1. The number of thioether (sulfide) groups is 1. The van der Waals surface area contributed by atoms with Gasteiger partial charge < -0.3 is 9.84 Å². The molecule has 1 aliphatic rings. The highest BCUT2D eigenvalue weighted by atomic mass is 32.2. The van der Waals surface area contributed by atoms with Gasteiger partial charge in [-0.05, 0) is 39.3 Å². The maximum absolute atomic E-state index is 9.63. The fourth-order valence-electron chi connectivity index (χ4n) is 2.16. The molecule has 1 aromatic carbocycles. The van der Waals surface area contributed by atoms with Crippen LogP contribution in [0.15, 0.2) is 35.2 Å². The fraction of sp³-hybridized carbons (Fsp3) is 0.571.